The normalized spacial score (nSPS) is 19.1. The Labute approximate surface area is 118 Å². The number of likely N-dealkylation sites (tertiary alicyclic amines) is 1. The molecule has 1 aromatic heterocycles. The lowest BCUT2D eigenvalue weighted by Crippen LogP contribution is -2.37. The van der Waals surface area contributed by atoms with Crippen LogP contribution in [-0.2, 0) is 16.1 Å². The average molecular weight is 283 g/mol. The van der Waals surface area contributed by atoms with Crippen molar-refractivity contribution >= 4 is 17.2 Å². The Morgan fingerprint density at radius 1 is 1.53 bits per heavy atom. The van der Waals surface area contributed by atoms with Gasteiger partial charge in [-0.05, 0) is 31.9 Å². The fraction of sp³-hybridized carbons (Fsp3) is 0.643. The van der Waals surface area contributed by atoms with Gasteiger partial charge in [0.15, 0.2) is 0 Å². The Morgan fingerprint density at radius 2 is 2.37 bits per heavy atom. The molecule has 1 aromatic rings. The molecule has 19 heavy (non-hydrogen) atoms. The van der Waals surface area contributed by atoms with E-state index >= 15 is 0 Å². The molecule has 1 atom stereocenters. The summed E-state index contributed by atoms with van der Waals surface area (Å²) in [6.07, 6.45) is 2.11. The van der Waals surface area contributed by atoms with Gasteiger partial charge in [0, 0.05) is 25.1 Å². The van der Waals surface area contributed by atoms with Crippen molar-refractivity contribution in [2.75, 3.05) is 26.9 Å². The first-order chi connectivity index (χ1) is 9.26. The summed E-state index contributed by atoms with van der Waals surface area (Å²) < 4.78 is 10.6. The molecule has 1 aliphatic rings. The van der Waals surface area contributed by atoms with E-state index in [9.17, 15) is 4.79 Å². The molecule has 0 aliphatic carbocycles. The van der Waals surface area contributed by atoms with Crippen LogP contribution in [0.2, 0.25) is 0 Å². The second kappa shape index (κ2) is 7.03. The molecule has 1 aliphatic heterocycles. The SMILES string of the molecule is CCOC[C@H]1CCCN1C(=O)c1ccc(COC)s1. The van der Waals surface area contributed by atoms with Gasteiger partial charge >= 0.3 is 0 Å². The van der Waals surface area contributed by atoms with Gasteiger partial charge in [-0.2, -0.15) is 0 Å². The molecule has 1 amide bonds. The van der Waals surface area contributed by atoms with Crippen molar-refractivity contribution in [3.8, 4) is 0 Å². The van der Waals surface area contributed by atoms with Crippen molar-refractivity contribution in [1.82, 2.24) is 4.90 Å². The number of carbonyl (C=O) groups excluding carboxylic acids is 1. The van der Waals surface area contributed by atoms with Crippen LogP contribution in [0.25, 0.3) is 0 Å². The number of carbonyl (C=O) groups is 1. The monoisotopic (exact) mass is 283 g/mol. The maximum Gasteiger partial charge on any atom is 0.264 e. The molecule has 1 fully saturated rings. The van der Waals surface area contributed by atoms with Gasteiger partial charge < -0.3 is 14.4 Å². The molecule has 0 spiro atoms. The topological polar surface area (TPSA) is 38.8 Å². The smallest absolute Gasteiger partial charge is 0.264 e. The first-order valence-corrected chi connectivity index (χ1v) is 7.54. The van der Waals surface area contributed by atoms with Gasteiger partial charge in [0.05, 0.1) is 24.1 Å². The second-order valence-corrected chi connectivity index (χ2v) is 5.82. The molecule has 2 heterocycles. The minimum absolute atomic E-state index is 0.134. The maximum atomic E-state index is 12.5. The highest BCUT2D eigenvalue weighted by molar-refractivity contribution is 7.14. The number of hydrogen-bond donors (Lipinski definition) is 0. The fourth-order valence-corrected chi connectivity index (χ4v) is 3.32. The number of hydrogen-bond acceptors (Lipinski definition) is 4. The van der Waals surface area contributed by atoms with Gasteiger partial charge in [-0.25, -0.2) is 0 Å². The Morgan fingerprint density at radius 3 is 3.11 bits per heavy atom. The average Bonchev–Trinajstić information content (AvgIpc) is 3.04. The van der Waals surface area contributed by atoms with Crippen molar-refractivity contribution in [2.45, 2.75) is 32.4 Å². The van der Waals surface area contributed by atoms with Crippen molar-refractivity contribution in [3.05, 3.63) is 21.9 Å². The number of nitrogens with zero attached hydrogens (tertiary/aromatic N) is 1. The maximum absolute atomic E-state index is 12.5. The summed E-state index contributed by atoms with van der Waals surface area (Å²) in [5.41, 5.74) is 0. The van der Waals surface area contributed by atoms with Crippen LogP contribution < -0.4 is 0 Å². The first-order valence-electron chi connectivity index (χ1n) is 6.72. The van der Waals surface area contributed by atoms with Gasteiger partial charge in [-0.1, -0.05) is 0 Å². The number of amides is 1. The van der Waals surface area contributed by atoms with E-state index < -0.39 is 0 Å². The molecule has 0 aromatic carbocycles. The molecular weight excluding hydrogens is 262 g/mol. The Hall–Kier alpha value is -0.910. The molecule has 0 saturated carbocycles. The summed E-state index contributed by atoms with van der Waals surface area (Å²) in [5, 5.41) is 0. The third-order valence-electron chi connectivity index (χ3n) is 3.31. The molecule has 1 saturated heterocycles. The molecule has 2 rings (SSSR count). The van der Waals surface area contributed by atoms with E-state index in [0.29, 0.717) is 19.8 Å². The highest BCUT2D eigenvalue weighted by Gasteiger charge is 2.30. The third-order valence-corrected chi connectivity index (χ3v) is 4.36. The first kappa shape index (κ1) is 14.5. The molecular formula is C14H21NO3S. The molecule has 4 nitrogen and oxygen atoms in total. The van der Waals surface area contributed by atoms with Crippen molar-refractivity contribution in [2.24, 2.45) is 0 Å². The van der Waals surface area contributed by atoms with Crippen LogP contribution in [0, 0.1) is 0 Å². The largest absolute Gasteiger partial charge is 0.380 e. The minimum Gasteiger partial charge on any atom is -0.380 e. The minimum atomic E-state index is 0.134. The van der Waals surface area contributed by atoms with Crippen molar-refractivity contribution in [3.63, 3.8) is 0 Å². The summed E-state index contributed by atoms with van der Waals surface area (Å²) in [4.78, 5) is 16.3. The summed E-state index contributed by atoms with van der Waals surface area (Å²) >= 11 is 1.52. The number of ether oxygens (including phenoxy) is 2. The predicted octanol–water partition coefficient (Wildman–Crippen LogP) is 2.54. The van der Waals surface area contributed by atoms with Gasteiger partial charge in [0.2, 0.25) is 0 Å². The lowest BCUT2D eigenvalue weighted by Gasteiger charge is -2.23. The molecule has 0 N–H and O–H groups in total. The summed E-state index contributed by atoms with van der Waals surface area (Å²) in [5.74, 6) is 0.134. The standard InChI is InChI=1S/C14H21NO3S/c1-3-18-9-11-5-4-8-15(11)14(16)13-7-6-12(19-13)10-17-2/h6-7,11H,3-5,8-10H2,1-2H3/t11-/m1/s1. The van der Waals surface area contributed by atoms with Crippen LogP contribution >= 0.6 is 11.3 Å². The zero-order chi connectivity index (χ0) is 13.7. The van der Waals surface area contributed by atoms with Crippen LogP contribution in [0.5, 0.6) is 0 Å². The Balaban J connectivity index is 2.00. The van der Waals surface area contributed by atoms with Crippen LogP contribution in [-0.4, -0.2) is 43.7 Å². The Kier molecular flexibility index (Phi) is 5.36. The van der Waals surface area contributed by atoms with E-state index in [1.807, 2.05) is 24.0 Å². The van der Waals surface area contributed by atoms with E-state index in [4.69, 9.17) is 9.47 Å². The van der Waals surface area contributed by atoms with E-state index in [1.54, 1.807) is 7.11 Å². The highest BCUT2D eigenvalue weighted by Crippen LogP contribution is 2.24. The third kappa shape index (κ3) is 3.55. The van der Waals surface area contributed by atoms with E-state index in [0.717, 1.165) is 29.1 Å². The predicted molar refractivity (Wildman–Crippen MR) is 75.6 cm³/mol. The quantitative estimate of drug-likeness (QED) is 0.805. The zero-order valence-corrected chi connectivity index (χ0v) is 12.4. The Bertz CT molecular complexity index is 419. The highest BCUT2D eigenvalue weighted by atomic mass is 32.1. The van der Waals surface area contributed by atoms with Crippen molar-refractivity contribution < 1.29 is 14.3 Å². The molecule has 106 valence electrons. The molecule has 0 unspecified atom stereocenters. The number of thiophene rings is 1. The summed E-state index contributed by atoms with van der Waals surface area (Å²) in [6, 6.07) is 4.10. The van der Waals surface area contributed by atoms with Gasteiger partial charge in [0.1, 0.15) is 0 Å². The molecule has 5 heteroatoms. The van der Waals surface area contributed by atoms with E-state index in [2.05, 4.69) is 0 Å². The lowest BCUT2D eigenvalue weighted by atomic mass is 10.2. The lowest BCUT2D eigenvalue weighted by molar-refractivity contribution is 0.0568. The van der Waals surface area contributed by atoms with Crippen LogP contribution in [0.3, 0.4) is 0 Å². The van der Waals surface area contributed by atoms with Crippen LogP contribution in [0.4, 0.5) is 0 Å². The number of rotatable bonds is 6. The van der Waals surface area contributed by atoms with E-state index in [1.165, 1.54) is 11.3 Å². The van der Waals surface area contributed by atoms with Crippen molar-refractivity contribution in [1.29, 1.82) is 0 Å². The number of methoxy groups -OCH3 is 1. The fourth-order valence-electron chi connectivity index (χ4n) is 2.38. The van der Waals surface area contributed by atoms with Crippen LogP contribution in [0.1, 0.15) is 34.3 Å². The molecule has 0 radical (unpaired) electrons. The van der Waals surface area contributed by atoms with Gasteiger partial charge in [0.25, 0.3) is 5.91 Å². The van der Waals surface area contributed by atoms with E-state index in [-0.39, 0.29) is 11.9 Å². The van der Waals surface area contributed by atoms with Gasteiger partial charge in [-0.15, -0.1) is 11.3 Å². The summed E-state index contributed by atoms with van der Waals surface area (Å²) in [7, 11) is 1.67. The zero-order valence-electron chi connectivity index (χ0n) is 11.6. The summed E-state index contributed by atoms with van der Waals surface area (Å²) in [6.45, 7) is 4.75. The second-order valence-electron chi connectivity index (χ2n) is 4.65. The molecule has 0 bridgehead atoms. The van der Waals surface area contributed by atoms with Gasteiger partial charge in [-0.3, -0.25) is 4.79 Å². The van der Waals surface area contributed by atoms with Crippen LogP contribution in [0.15, 0.2) is 12.1 Å².